The van der Waals surface area contributed by atoms with Crippen LogP contribution >= 0.6 is 58.8 Å². The number of aliphatic hydroxyl groups is 7. The minimum Gasteiger partial charge on any atom is -0.451 e. The molecule has 6 aromatic heterocycles. The number of carbonyl (C=O) groups excluding carboxylic acids is 2. The van der Waals surface area contributed by atoms with Crippen molar-refractivity contribution >= 4 is 115 Å². The SMILES string of the molecule is CCON.CCONc1ncnc2c1ccn2[C@@H]1O[C@H]([C@H](O)c2ccc(Cl)cc2)[C@@H](O)[C@H]1O.CCONc1ncnc2c1ccn2[C@@H]1O[C@H]([C@H](OC(=O)c2ccc(-c3ccccc3)cc2)c2ccc(Cl)cc2)[C@@H](O)[C@H]1O.Cl.O=C(O[C@H](c1ccc(Cl)cc1)[C@H]1O[C@@H](n2ccc3c(Cl)ncnc32)[C@H](O)[C@@H]1O)c1ccc(-c2ccccc2)cc1. The molecule has 3 aliphatic heterocycles. The van der Waals surface area contributed by atoms with Crippen LogP contribution in [0.4, 0.5) is 11.6 Å². The highest BCUT2D eigenvalue weighted by molar-refractivity contribution is 6.34. The lowest BCUT2D eigenvalue weighted by Gasteiger charge is -2.26. The molecular formula is C83H81Cl5N12O17. The van der Waals surface area contributed by atoms with Crippen molar-refractivity contribution in [3.63, 3.8) is 0 Å². The Balaban J connectivity index is 0.000000160. The summed E-state index contributed by atoms with van der Waals surface area (Å²) in [6.45, 7) is 6.98. The second-order valence-corrected chi connectivity index (χ2v) is 28.2. The third kappa shape index (κ3) is 19.5. The van der Waals surface area contributed by atoms with Gasteiger partial charge in [-0.15, -0.1) is 12.4 Å². The topological polar surface area (TPSA) is 392 Å². The third-order valence-electron chi connectivity index (χ3n) is 19.4. The Morgan fingerprint density at radius 2 is 0.744 bits per heavy atom. The van der Waals surface area contributed by atoms with Crippen LogP contribution in [0.2, 0.25) is 20.2 Å². The molecule has 9 heterocycles. The molecule has 0 aliphatic carbocycles. The molecule has 0 radical (unpaired) electrons. The van der Waals surface area contributed by atoms with Gasteiger partial charge < -0.3 is 78.0 Å². The van der Waals surface area contributed by atoms with Crippen LogP contribution in [0.25, 0.3) is 55.4 Å². The molecule has 7 aromatic carbocycles. The molecule has 0 bridgehead atoms. The van der Waals surface area contributed by atoms with Crippen LogP contribution in [0.1, 0.15) is 95.2 Å². The van der Waals surface area contributed by atoms with Crippen molar-refractivity contribution in [3.8, 4) is 22.3 Å². The van der Waals surface area contributed by atoms with E-state index in [9.17, 15) is 45.3 Å². The maximum atomic E-state index is 13.4. The number of ether oxygens (including phenoxy) is 5. The number of nitrogens with two attached hydrogens (primary N) is 1. The maximum Gasteiger partial charge on any atom is 0.338 e. The van der Waals surface area contributed by atoms with Gasteiger partial charge in [0.15, 0.2) is 42.5 Å². The van der Waals surface area contributed by atoms with Crippen LogP contribution < -0.4 is 16.9 Å². The summed E-state index contributed by atoms with van der Waals surface area (Å²) in [6.07, 6.45) is -8.60. The van der Waals surface area contributed by atoms with Gasteiger partial charge in [0.2, 0.25) is 0 Å². The van der Waals surface area contributed by atoms with Crippen molar-refractivity contribution in [2.24, 2.45) is 5.90 Å². The molecule has 0 amide bonds. The maximum absolute atomic E-state index is 13.4. The van der Waals surface area contributed by atoms with Crippen molar-refractivity contribution < 1.29 is 83.5 Å². The van der Waals surface area contributed by atoms with Gasteiger partial charge in [-0.3, -0.25) is 9.68 Å². The summed E-state index contributed by atoms with van der Waals surface area (Å²) in [7, 11) is 0. The summed E-state index contributed by atoms with van der Waals surface area (Å²) < 4.78 is 35.0. The Hall–Kier alpha value is -10.2. The number of aliphatic hydroxyl groups excluding tert-OH is 7. The number of halogens is 5. The Labute approximate surface area is 695 Å². The van der Waals surface area contributed by atoms with E-state index in [4.69, 9.17) is 79.8 Å². The molecule has 610 valence electrons. The second-order valence-electron chi connectivity index (χ2n) is 26.6. The third-order valence-corrected chi connectivity index (χ3v) is 20.4. The molecule has 34 heteroatoms. The van der Waals surface area contributed by atoms with E-state index in [0.29, 0.717) is 107 Å². The Kier molecular flexibility index (Phi) is 29.4. The first-order valence-corrected chi connectivity index (χ1v) is 38.2. The Bertz CT molecular complexity index is 5400. The minimum atomic E-state index is -1.40. The summed E-state index contributed by atoms with van der Waals surface area (Å²) in [6, 6.07) is 58.9. The van der Waals surface area contributed by atoms with Gasteiger partial charge in [0.1, 0.15) is 102 Å². The number of carbonyl (C=O) groups is 2. The van der Waals surface area contributed by atoms with Crippen molar-refractivity contribution in [1.82, 2.24) is 43.6 Å². The van der Waals surface area contributed by atoms with E-state index >= 15 is 0 Å². The first-order valence-electron chi connectivity index (χ1n) is 36.7. The lowest BCUT2D eigenvalue weighted by molar-refractivity contribution is -0.0917. The highest BCUT2D eigenvalue weighted by Crippen LogP contribution is 2.44. The van der Waals surface area contributed by atoms with Gasteiger partial charge in [0.25, 0.3) is 0 Å². The molecule has 13 aromatic rings. The zero-order chi connectivity index (χ0) is 81.7. The fourth-order valence-corrected chi connectivity index (χ4v) is 14.0. The summed E-state index contributed by atoms with van der Waals surface area (Å²) >= 11 is 24.3. The molecule has 3 aliphatic rings. The number of nitrogens with one attached hydrogen (secondary N) is 2. The molecule has 3 fully saturated rings. The van der Waals surface area contributed by atoms with Gasteiger partial charge in [0.05, 0.1) is 47.1 Å². The molecule has 0 unspecified atom stereocenters. The van der Waals surface area contributed by atoms with E-state index in [0.717, 1.165) is 22.3 Å². The second kappa shape index (κ2) is 39.9. The quantitative estimate of drug-likeness (QED) is 0.0171. The van der Waals surface area contributed by atoms with Gasteiger partial charge in [-0.2, -0.15) is 0 Å². The minimum absolute atomic E-state index is 0. The number of esters is 2. The number of nitrogens with zero attached hydrogens (tertiary/aromatic N) is 9. The molecule has 29 nitrogen and oxygen atoms in total. The normalized spacial score (nSPS) is 21.5. The van der Waals surface area contributed by atoms with Crippen LogP contribution in [-0.4, -0.2) is 166 Å². The highest BCUT2D eigenvalue weighted by atomic mass is 35.5. The summed E-state index contributed by atoms with van der Waals surface area (Å²) in [4.78, 5) is 66.4. The predicted molar refractivity (Wildman–Crippen MR) is 438 cm³/mol. The molecule has 3 saturated heterocycles. The van der Waals surface area contributed by atoms with Crippen molar-refractivity contribution in [2.45, 2.75) is 113 Å². The first-order chi connectivity index (χ1) is 56.3. The smallest absolute Gasteiger partial charge is 0.338 e. The number of rotatable bonds is 22. The van der Waals surface area contributed by atoms with E-state index < -0.39 is 104 Å². The lowest BCUT2D eigenvalue weighted by atomic mass is 9.98. The monoisotopic (exact) mass is 1690 g/mol. The predicted octanol–water partition coefficient (Wildman–Crippen LogP) is 13.1. The molecule has 11 N–H and O–H groups in total. The fourth-order valence-electron chi connectivity index (χ4n) is 13.5. The van der Waals surface area contributed by atoms with E-state index in [1.807, 2.05) is 106 Å². The zero-order valence-corrected chi connectivity index (χ0v) is 66.4. The Morgan fingerprint density at radius 3 is 1.11 bits per heavy atom. The van der Waals surface area contributed by atoms with Crippen molar-refractivity contribution in [3.05, 3.63) is 286 Å². The molecular weight excluding hydrogens is 1610 g/mol. The molecule has 117 heavy (non-hydrogen) atoms. The lowest BCUT2D eigenvalue weighted by Crippen LogP contribution is -2.36. The number of hydrogen-bond donors (Lipinski definition) is 10. The zero-order valence-electron chi connectivity index (χ0n) is 62.5. The highest BCUT2D eigenvalue weighted by Gasteiger charge is 2.52. The fraction of sp³-hybridized carbons (Fsp3) is 0.253. The summed E-state index contributed by atoms with van der Waals surface area (Å²) in [5.41, 5.74) is 13.1. The van der Waals surface area contributed by atoms with Gasteiger partial charge >= 0.3 is 11.9 Å². The van der Waals surface area contributed by atoms with E-state index in [1.165, 1.54) is 19.0 Å². The van der Waals surface area contributed by atoms with Gasteiger partial charge in [-0.05, 0) is 139 Å². The first kappa shape index (κ1) is 86.2. The summed E-state index contributed by atoms with van der Waals surface area (Å²) in [5.74, 6) is 4.22. The van der Waals surface area contributed by atoms with Crippen LogP contribution in [0.5, 0.6) is 0 Å². The number of anilines is 2. The molecule has 0 spiro atoms. The largest absolute Gasteiger partial charge is 0.451 e. The van der Waals surface area contributed by atoms with E-state index in [1.54, 1.807) is 148 Å². The summed E-state index contributed by atoms with van der Waals surface area (Å²) in [5, 5.41) is 79.9. The number of fused-ring (bicyclic) bond motifs is 3. The molecule has 0 saturated carbocycles. The number of hydrogen-bond acceptors (Lipinski definition) is 26. The van der Waals surface area contributed by atoms with E-state index in [2.05, 4.69) is 51.6 Å². The van der Waals surface area contributed by atoms with Crippen LogP contribution in [0.15, 0.2) is 238 Å². The average molecular weight is 1700 g/mol. The van der Waals surface area contributed by atoms with Crippen LogP contribution in [-0.2, 0) is 38.2 Å². The van der Waals surface area contributed by atoms with Gasteiger partial charge in [-0.1, -0.05) is 168 Å². The Morgan fingerprint density at radius 1 is 0.419 bits per heavy atom. The number of aromatic nitrogens is 9. The van der Waals surface area contributed by atoms with Crippen molar-refractivity contribution in [1.29, 1.82) is 0 Å². The number of benzene rings is 7. The standard InChI is InChI=1S/C32H29ClN4O6.C30H23Cl2N3O5.C19H21ClN4O5.C2H7NO.ClH/c1-2-41-36-29-24-16-17-37(30(24)35-18-34-29)31-26(39)25(38)28(42-31)27(21-12-14-23(33)15-13-21)43-32(40)22-10-8-20(9-11-22)19-6-4-3-5-7-19;31-21-12-10-19(11-13-21)25(40-30(38)20-8-6-18(7-9-20)17-4-2-1-3-5-17)26-23(36)24(37)29(39-26)35-15-14-22-27(32)33-16-34-28(22)35;1-2-28-23-17-12-7-8-24(18(12)22-9-21-17)19-15(27)14(26)16(29-19)13(25)10-3-5-11(20)6-4-10;1-2-4-3;/h3-18,25-28,31,38-39H,2H2,1H3,(H,34,35,36);1-16,23-26,29,36-37H;3-9,13-16,19,25-27H,2H2,1H3,(H,21,22,23);2-3H2,1H3;1H/t25-,26+,27+,28-,31+;23-,24+,25+,26-,29+;13-,14+,15-,16-,19-;;/m001../s1. The van der Waals surface area contributed by atoms with Gasteiger partial charge in [-0.25, -0.2) is 56.4 Å². The molecule has 16 rings (SSSR count). The average Bonchev–Trinajstić information content (AvgIpc) is 1.62. The molecule has 15 atom stereocenters. The van der Waals surface area contributed by atoms with Crippen LogP contribution in [0, 0.1) is 0 Å². The van der Waals surface area contributed by atoms with Crippen molar-refractivity contribution in [2.75, 3.05) is 30.8 Å². The van der Waals surface area contributed by atoms with Gasteiger partial charge in [0, 0.05) is 33.7 Å². The van der Waals surface area contributed by atoms with E-state index in [-0.39, 0.29) is 17.6 Å². The van der Waals surface area contributed by atoms with Crippen LogP contribution in [0.3, 0.4) is 0 Å².